The van der Waals surface area contributed by atoms with Crippen LogP contribution in [-0.4, -0.2) is 11.5 Å². The number of hydrogen-bond acceptors (Lipinski definition) is 4. The van der Waals surface area contributed by atoms with Crippen molar-refractivity contribution >= 4 is 28.9 Å². The summed E-state index contributed by atoms with van der Waals surface area (Å²) in [5.41, 5.74) is 1.18. The quantitative estimate of drug-likeness (QED) is 0.889. The highest BCUT2D eigenvalue weighted by atomic mass is 35.5. The molecule has 1 aromatic heterocycles. The maximum atomic E-state index is 9.06. The van der Waals surface area contributed by atoms with Crippen molar-refractivity contribution in [2.75, 3.05) is 17.2 Å². The highest BCUT2D eigenvalue weighted by Crippen LogP contribution is 2.23. The Hall–Kier alpha value is -2.25. The van der Waals surface area contributed by atoms with Crippen LogP contribution in [0, 0.1) is 11.3 Å². The van der Waals surface area contributed by atoms with Gasteiger partial charge >= 0.3 is 0 Å². The second-order valence-corrected chi connectivity index (χ2v) is 4.30. The number of rotatable bonds is 4. The van der Waals surface area contributed by atoms with Crippen molar-refractivity contribution in [2.45, 2.75) is 6.92 Å². The van der Waals surface area contributed by atoms with Gasteiger partial charge in [0.2, 0.25) is 0 Å². The lowest BCUT2D eigenvalue weighted by molar-refractivity contribution is 1.16. The average molecular weight is 273 g/mol. The van der Waals surface area contributed by atoms with Crippen LogP contribution >= 0.6 is 11.6 Å². The van der Waals surface area contributed by atoms with Crippen LogP contribution in [0.3, 0.4) is 0 Å². The van der Waals surface area contributed by atoms with E-state index in [4.69, 9.17) is 16.9 Å². The van der Waals surface area contributed by atoms with Crippen LogP contribution in [0.1, 0.15) is 12.5 Å². The number of nitriles is 1. The van der Waals surface area contributed by atoms with Gasteiger partial charge in [-0.05, 0) is 37.3 Å². The third kappa shape index (κ3) is 3.36. The van der Waals surface area contributed by atoms with E-state index in [1.165, 1.54) is 0 Å². The van der Waals surface area contributed by atoms with Gasteiger partial charge in [0.1, 0.15) is 17.7 Å². The Bertz CT molecular complexity index is 619. The Morgan fingerprint density at radius 1 is 1.26 bits per heavy atom. The normalized spacial score (nSPS) is 9.74. The van der Waals surface area contributed by atoms with Gasteiger partial charge in [0.05, 0.1) is 11.3 Å². The lowest BCUT2D eigenvalue weighted by atomic mass is 10.2. The molecule has 0 spiro atoms. The molecule has 0 atom stereocenters. The van der Waals surface area contributed by atoms with Crippen molar-refractivity contribution in [1.82, 2.24) is 4.98 Å². The molecule has 0 aliphatic carbocycles. The predicted molar refractivity (Wildman–Crippen MR) is 77.9 cm³/mol. The lowest BCUT2D eigenvalue weighted by Gasteiger charge is -2.09. The lowest BCUT2D eigenvalue weighted by Crippen LogP contribution is -2.01. The fourth-order valence-electron chi connectivity index (χ4n) is 1.64. The standard InChI is InChI=1S/C14H13ClN4/c1-2-17-13-4-3-5-14(19-13)18-12-8-11(15)7-6-10(12)9-16/h3-8H,2H2,1H3,(H2,17,18,19). The number of nitrogens with one attached hydrogen (secondary N) is 2. The zero-order chi connectivity index (χ0) is 13.7. The Kier molecular flexibility index (Phi) is 4.22. The number of anilines is 3. The highest BCUT2D eigenvalue weighted by Gasteiger charge is 2.04. The van der Waals surface area contributed by atoms with E-state index in [0.29, 0.717) is 22.1 Å². The van der Waals surface area contributed by atoms with E-state index < -0.39 is 0 Å². The minimum atomic E-state index is 0.528. The second-order valence-electron chi connectivity index (χ2n) is 3.87. The SMILES string of the molecule is CCNc1cccc(Nc2cc(Cl)ccc2C#N)n1. The number of halogens is 1. The van der Waals surface area contributed by atoms with Crippen LogP contribution < -0.4 is 10.6 Å². The van der Waals surface area contributed by atoms with Crippen LogP contribution in [0.4, 0.5) is 17.3 Å². The Labute approximate surface area is 117 Å². The van der Waals surface area contributed by atoms with Crippen molar-refractivity contribution < 1.29 is 0 Å². The molecule has 0 fully saturated rings. The summed E-state index contributed by atoms with van der Waals surface area (Å²) in [4.78, 5) is 4.39. The van der Waals surface area contributed by atoms with E-state index in [1.807, 2.05) is 25.1 Å². The molecule has 0 saturated carbocycles. The molecule has 1 aromatic carbocycles. The van der Waals surface area contributed by atoms with E-state index in [0.717, 1.165) is 12.4 Å². The van der Waals surface area contributed by atoms with Crippen molar-refractivity contribution in [2.24, 2.45) is 0 Å². The first-order valence-electron chi connectivity index (χ1n) is 5.90. The summed E-state index contributed by atoms with van der Waals surface area (Å²) in [6.45, 7) is 2.81. The first kappa shape index (κ1) is 13.2. The number of benzene rings is 1. The summed E-state index contributed by atoms with van der Waals surface area (Å²) in [7, 11) is 0. The summed E-state index contributed by atoms with van der Waals surface area (Å²) < 4.78 is 0. The van der Waals surface area contributed by atoms with Gasteiger partial charge in [0.15, 0.2) is 0 Å². The van der Waals surface area contributed by atoms with Gasteiger partial charge in [0.25, 0.3) is 0 Å². The second kappa shape index (κ2) is 6.07. The minimum Gasteiger partial charge on any atom is -0.370 e. The molecule has 2 rings (SSSR count). The first-order valence-corrected chi connectivity index (χ1v) is 6.28. The fraction of sp³-hybridized carbons (Fsp3) is 0.143. The largest absolute Gasteiger partial charge is 0.370 e. The van der Waals surface area contributed by atoms with E-state index in [9.17, 15) is 0 Å². The molecular formula is C14H13ClN4. The molecule has 0 bridgehead atoms. The fourth-order valence-corrected chi connectivity index (χ4v) is 1.81. The summed E-state index contributed by atoms with van der Waals surface area (Å²) in [6.07, 6.45) is 0. The van der Waals surface area contributed by atoms with Crippen LogP contribution in [0.15, 0.2) is 36.4 Å². The van der Waals surface area contributed by atoms with Crippen LogP contribution in [0.5, 0.6) is 0 Å². The topological polar surface area (TPSA) is 60.7 Å². The summed E-state index contributed by atoms with van der Waals surface area (Å²) >= 11 is 5.94. The van der Waals surface area contributed by atoms with E-state index >= 15 is 0 Å². The molecule has 0 amide bonds. The molecule has 19 heavy (non-hydrogen) atoms. The number of aromatic nitrogens is 1. The van der Waals surface area contributed by atoms with Gasteiger partial charge in [-0.1, -0.05) is 17.7 Å². The van der Waals surface area contributed by atoms with Gasteiger partial charge in [-0.25, -0.2) is 4.98 Å². The Morgan fingerprint density at radius 3 is 2.79 bits per heavy atom. The van der Waals surface area contributed by atoms with Crippen molar-refractivity contribution in [3.8, 4) is 6.07 Å². The van der Waals surface area contributed by atoms with E-state index in [-0.39, 0.29) is 0 Å². The van der Waals surface area contributed by atoms with Crippen LogP contribution in [-0.2, 0) is 0 Å². The number of nitrogens with zero attached hydrogens (tertiary/aromatic N) is 2. The average Bonchev–Trinajstić information content (AvgIpc) is 2.40. The monoisotopic (exact) mass is 272 g/mol. The molecule has 4 nitrogen and oxygen atoms in total. The zero-order valence-corrected chi connectivity index (χ0v) is 11.2. The first-order chi connectivity index (χ1) is 9.22. The maximum Gasteiger partial charge on any atom is 0.132 e. The summed E-state index contributed by atoms with van der Waals surface area (Å²) in [5, 5.41) is 15.9. The molecule has 2 N–H and O–H groups in total. The van der Waals surface area contributed by atoms with Crippen molar-refractivity contribution in [1.29, 1.82) is 5.26 Å². The maximum absolute atomic E-state index is 9.06. The van der Waals surface area contributed by atoms with Crippen LogP contribution in [0.2, 0.25) is 5.02 Å². The van der Waals surface area contributed by atoms with Gasteiger partial charge in [-0.2, -0.15) is 5.26 Å². The molecule has 0 aliphatic rings. The molecule has 0 aliphatic heterocycles. The molecule has 0 radical (unpaired) electrons. The van der Waals surface area contributed by atoms with E-state index in [2.05, 4.69) is 21.7 Å². The third-order valence-electron chi connectivity index (χ3n) is 2.47. The van der Waals surface area contributed by atoms with Gasteiger partial charge in [-0.15, -0.1) is 0 Å². The summed E-state index contributed by atoms with van der Waals surface area (Å²) in [5.74, 6) is 1.45. The molecule has 0 saturated heterocycles. The Morgan fingerprint density at radius 2 is 2.05 bits per heavy atom. The minimum absolute atomic E-state index is 0.528. The third-order valence-corrected chi connectivity index (χ3v) is 2.71. The molecule has 96 valence electrons. The van der Waals surface area contributed by atoms with Gasteiger partial charge < -0.3 is 10.6 Å². The van der Waals surface area contributed by atoms with Crippen molar-refractivity contribution in [3.05, 3.63) is 47.0 Å². The number of hydrogen-bond donors (Lipinski definition) is 2. The highest BCUT2D eigenvalue weighted by molar-refractivity contribution is 6.30. The smallest absolute Gasteiger partial charge is 0.132 e. The van der Waals surface area contributed by atoms with Crippen molar-refractivity contribution in [3.63, 3.8) is 0 Å². The zero-order valence-electron chi connectivity index (χ0n) is 10.4. The molecular weight excluding hydrogens is 260 g/mol. The molecule has 0 unspecified atom stereocenters. The summed E-state index contributed by atoms with van der Waals surface area (Å²) in [6, 6.07) is 12.8. The Balaban J connectivity index is 2.28. The van der Waals surface area contributed by atoms with Gasteiger partial charge in [0, 0.05) is 11.6 Å². The van der Waals surface area contributed by atoms with Gasteiger partial charge in [-0.3, -0.25) is 0 Å². The predicted octanol–water partition coefficient (Wildman–Crippen LogP) is 3.78. The molecule has 1 heterocycles. The number of pyridine rings is 1. The van der Waals surface area contributed by atoms with E-state index in [1.54, 1.807) is 18.2 Å². The van der Waals surface area contributed by atoms with Crippen LogP contribution in [0.25, 0.3) is 0 Å². The molecule has 5 heteroatoms. The molecule has 2 aromatic rings.